The number of hydrogen-bond acceptors (Lipinski definition) is 2. The largest absolute Gasteiger partial charge is 0.343 e. The topological polar surface area (TPSA) is 48.1 Å². The number of allylic oxidation sites excluding steroid dienone is 1. The molecule has 0 aliphatic heterocycles. The molecule has 0 fully saturated rings. The number of nitro benzene ring substituents is 1. The lowest BCUT2D eigenvalue weighted by molar-refractivity contribution is -0.383. The minimum absolute atomic E-state index is 0.151. The zero-order chi connectivity index (χ0) is 11.7. The van der Waals surface area contributed by atoms with E-state index < -0.39 is 0 Å². The Morgan fingerprint density at radius 3 is 2.88 bits per heavy atom. The second-order valence-electron chi connectivity index (χ2n) is 3.87. The molecule has 4 heteroatoms. The fourth-order valence-electron chi connectivity index (χ4n) is 1.80. The molecule has 0 bridgehead atoms. The van der Waals surface area contributed by atoms with Crippen molar-refractivity contribution in [2.45, 2.75) is 13.5 Å². The molecule has 0 amide bonds. The van der Waals surface area contributed by atoms with Crippen molar-refractivity contribution in [3.05, 3.63) is 52.7 Å². The van der Waals surface area contributed by atoms with Crippen molar-refractivity contribution in [3.63, 3.8) is 0 Å². The SMILES string of the molecule is C=C(C)Cn1ccc2c([N+](=O)[O-])cccc21. The maximum absolute atomic E-state index is 10.8. The van der Waals surface area contributed by atoms with Crippen molar-refractivity contribution in [1.82, 2.24) is 4.57 Å². The average molecular weight is 216 g/mol. The predicted octanol–water partition coefficient (Wildman–Crippen LogP) is 3.13. The second-order valence-corrected chi connectivity index (χ2v) is 3.87. The monoisotopic (exact) mass is 216 g/mol. The summed E-state index contributed by atoms with van der Waals surface area (Å²) in [7, 11) is 0. The average Bonchev–Trinajstić information content (AvgIpc) is 2.60. The molecule has 2 rings (SSSR count). The molecule has 0 saturated heterocycles. The molecule has 0 unspecified atom stereocenters. The van der Waals surface area contributed by atoms with Crippen molar-refractivity contribution in [3.8, 4) is 0 Å². The number of nitro groups is 1. The maximum Gasteiger partial charge on any atom is 0.278 e. The molecule has 0 aliphatic rings. The van der Waals surface area contributed by atoms with Crippen LogP contribution in [0.15, 0.2) is 42.6 Å². The molecule has 16 heavy (non-hydrogen) atoms. The van der Waals surface area contributed by atoms with E-state index in [1.165, 1.54) is 6.07 Å². The Bertz CT molecular complexity index is 569. The first-order valence-electron chi connectivity index (χ1n) is 4.96. The van der Waals surface area contributed by atoms with Crippen LogP contribution in [-0.4, -0.2) is 9.49 Å². The summed E-state index contributed by atoms with van der Waals surface area (Å²) in [5.41, 5.74) is 2.04. The van der Waals surface area contributed by atoms with Gasteiger partial charge in [0, 0.05) is 18.8 Å². The van der Waals surface area contributed by atoms with Crippen LogP contribution in [0.5, 0.6) is 0 Å². The van der Waals surface area contributed by atoms with Gasteiger partial charge in [-0.1, -0.05) is 18.2 Å². The van der Waals surface area contributed by atoms with E-state index in [9.17, 15) is 10.1 Å². The van der Waals surface area contributed by atoms with E-state index in [1.54, 1.807) is 12.1 Å². The highest BCUT2D eigenvalue weighted by atomic mass is 16.6. The summed E-state index contributed by atoms with van der Waals surface area (Å²) in [4.78, 5) is 10.5. The van der Waals surface area contributed by atoms with Gasteiger partial charge in [-0.25, -0.2) is 0 Å². The van der Waals surface area contributed by atoms with E-state index >= 15 is 0 Å². The normalized spacial score (nSPS) is 10.6. The van der Waals surface area contributed by atoms with Gasteiger partial charge in [-0.3, -0.25) is 10.1 Å². The quantitative estimate of drug-likeness (QED) is 0.449. The van der Waals surface area contributed by atoms with E-state index in [4.69, 9.17) is 0 Å². The van der Waals surface area contributed by atoms with Crippen LogP contribution < -0.4 is 0 Å². The van der Waals surface area contributed by atoms with Crippen LogP contribution in [0.25, 0.3) is 10.9 Å². The Kier molecular flexibility index (Phi) is 2.48. The first-order chi connectivity index (χ1) is 7.59. The van der Waals surface area contributed by atoms with Crippen molar-refractivity contribution < 1.29 is 4.92 Å². The number of aromatic nitrogens is 1. The third-order valence-electron chi connectivity index (χ3n) is 2.43. The Balaban J connectivity index is 2.61. The number of non-ortho nitro benzene ring substituents is 1. The third kappa shape index (κ3) is 1.69. The second kappa shape index (κ2) is 3.81. The first-order valence-corrected chi connectivity index (χ1v) is 4.96. The minimum atomic E-state index is -0.354. The van der Waals surface area contributed by atoms with Gasteiger partial charge in [0.1, 0.15) is 0 Å². The fraction of sp³-hybridized carbons (Fsp3) is 0.167. The predicted molar refractivity (Wildman–Crippen MR) is 63.4 cm³/mol. The molecule has 4 nitrogen and oxygen atoms in total. The van der Waals surface area contributed by atoms with Crippen LogP contribution in [0.4, 0.5) is 5.69 Å². The highest BCUT2D eigenvalue weighted by Crippen LogP contribution is 2.26. The molecule has 0 spiro atoms. The van der Waals surface area contributed by atoms with Crippen LogP contribution in [0.3, 0.4) is 0 Å². The summed E-state index contributed by atoms with van der Waals surface area (Å²) >= 11 is 0. The highest BCUT2D eigenvalue weighted by Gasteiger charge is 2.13. The lowest BCUT2D eigenvalue weighted by Gasteiger charge is -2.04. The molecule has 0 radical (unpaired) electrons. The van der Waals surface area contributed by atoms with Gasteiger partial charge in [-0.2, -0.15) is 0 Å². The molecule has 0 aliphatic carbocycles. The first kappa shape index (κ1) is 10.4. The van der Waals surface area contributed by atoms with Gasteiger partial charge in [0.05, 0.1) is 15.8 Å². The molecule has 0 saturated carbocycles. The standard InChI is InChI=1S/C12H12N2O2/c1-9(2)8-13-7-6-10-11(13)4-3-5-12(10)14(15)16/h3-7H,1,8H2,2H3. The lowest BCUT2D eigenvalue weighted by atomic mass is 10.2. The third-order valence-corrected chi connectivity index (χ3v) is 2.43. The Morgan fingerprint density at radius 2 is 2.25 bits per heavy atom. The van der Waals surface area contributed by atoms with Gasteiger partial charge in [-0.15, -0.1) is 0 Å². The molecule has 2 aromatic rings. The Labute approximate surface area is 93.0 Å². The Hall–Kier alpha value is -2.10. The van der Waals surface area contributed by atoms with Crippen LogP contribution in [0.1, 0.15) is 6.92 Å². The molecular formula is C12H12N2O2. The molecular weight excluding hydrogens is 204 g/mol. The maximum atomic E-state index is 10.8. The van der Waals surface area contributed by atoms with E-state index in [0.29, 0.717) is 11.9 Å². The van der Waals surface area contributed by atoms with Gasteiger partial charge in [-0.05, 0) is 19.1 Å². The van der Waals surface area contributed by atoms with Gasteiger partial charge in [0.15, 0.2) is 0 Å². The van der Waals surface area contributed by atoms with Crippen LogP contribution in [0, 0.1) is 10.1 Å². The molecule has 1 heterocycles. The van der Waals surface area contributed by atoms with E-state index in [1.807, 2.05) is 23.8 Å². The zero-order valence-electron chi connectivity index (χ0n) is 9.01. The van der Waals surface area contributed by atoms with E-state index in [0.717, 1.165) is 11.1 Å². The summed E-state index contributed by atoms with van der Waals surface area (Å²) in [6.07, 6.45) is 1.85. The number of hydrogen-bond donors (Lipinski definition) is 0. The van der Waals surface area contributed by atoms with E-state index in [2.05, 4.69) is 6.58 Å². The number of rotatable bonds is 3. The van der Waals surface area contributed by atoms with Gasteiger partial charge >= 0.3 is 0 Å². The molecule has 0 N–H and O–H groups in total. The summed E-state index contributed by atoms with van der Waals surface area (Å²) in [6.45, 7) is 6.46. The molecule has 0 atom stereocenters. The summed E-state index contributed by atoms with van der Waals surface area (Å²) < 4.78 is 1.96. The minimum Gasteiger partial charge on any atom is -0.343 e. The number of fused-ring (bicyclic) bond motifs is 1. The molecule has 82 valence electrons. The van der Waals surface area contributed by atoms with Crippen molar-refractivity contribution in [2.24, 2.45) is 0 Å². The van der Waals surface area contributed by atoms with Gasteiger partial charge in [0.25, 0.3) is 5.69 Å². The van der Waals surface area contributed by atoms with Crippen molar-refractivity contribution in [1.29, 1.82) is 0 Å². The summed E-state index contributed by atoms with van der Waals surface area (Å²) in [5.74, 6) is 0. The number of benzene rings is 1. The van der Waals surface area contributed by atoms with Crippen molar-refractivity contribution in [2.75, 3.05) is 0 Å². The summed E-state index contributed by atoms with van der Waals surface area (Å²) in [6, 6.07) is 6.88. The van der Waals surface area contributed by atoms with Crippen molar-refractivity contribution >= 4 is 16.6 Å². The molecule has 1 aromatic heterocycles. The smallest absolute Gasteiger partial charge is 0.278 e. The Morgan fingerprint density at radius 1 is 1.50 bits per heavy atom. The fourth-order valence-corrected chi connectivity index (χ4v) is 1.80. The summed E-state index contributed by atoms with van der Waals surface area (Å²) in [5, 5.41) is 11.5. The lowest BCUT2D eigenvalue weighted by Crippen LogP contribution is -1.96. The van der Waals surface area contributed by atoms with Gasteiger partial charge in [0.2, 0.25) is 0 Å². The van der Waals surface area contributed by atoms with Crippen LogP contribution in [0.2, 0.25) is 0 Å². The van der Waals surface area contributed by atoms with E-state index in [-0.39, 0.29) is 10.6 Å². The highest BCUT2D eigenvalue weighted by molar-refractivity contribution is 5.89. The van der Waals surface area contributed by atoms with Crippen LogP contribution in [-0.2, 0) is 6.54 Å². The number of nitrogens with zero attached hydrogens (tertiary/aromatic N) is 2. The zero-order valence-corrected chi connectivity index (χ0v) is 9.01. The van der Waals surface area contributed by atoms with Gasteiger partial charge < -0.3 is 4.57 Å². The molecule has 1 aromatic carbocycles. The van der Waals surface area contributed by atoms with Crippen LogP contribution >= 0.6 is 0 Å².